The van der Waals surface area contributed by atoms with Crippen LogP contribution in [0.4, 0.5) is 0 Å². The van der Waals surface area contributed by atoms with Gasteiger partial charge in [-0.05, 0) is 57.1 Å². The van der Waals surface area contributed by atoms with Crippen LogP contribution in [0.3, 0.4) is 0 Å². The third kappa shape index (κ3) is 4.29. The molecule has 0 unspecified atom stereocenters. The van der Waals surface area contributed by atoms with Gasteiger partial charge >= 0.3 is 0 Å². The maximum Gasteiger partial charge on any atom is 0.268 e. The highest BCUT2D eigenvalue weighted by atomic mass is 32.2. The minimum Gasteiger partial charge on any atom is -0.415 e. The molecule has 5 rings (SSSR count). The Morgan fingerprint density at radius 1 is 0.939 bits per heavy atom. The Balaban J connectivity index is 0.00000171. The average molecular weight is 466 g/mol. The molecule has 0 aliphatic carbocycles. The third-order valence-electron chi connectivity index (χ3n) is 5.81. The van der Waals surface area contributed by atoms with Gasteiger partial charge in [0.2, 0.25) is 5.89 Å². The van der Waals surface area contributed by atoms with Crippen LogP contribution >= 0.6 is 0 Å². The molecule has 1 aliphatic heterocycles. The highest BCUT2D eigenvalue weighted by Crippen LogP contribution is 2.28. The van der Waals surface area contributed by atoms with Crippen LogP contribution in [-0.4, -0.2) is 46.9 Å². The van der Waals surface area contributed by atoms with Crippen LogP contribution in [0.1, 0.15) is 21.4 Å². The Hall–Kier alpha value is -3.43. The number of nitrogens with zero attached hydrogens (tertiary/aromatic N) is 4. The Bertz CT molecular complexity index is 1370. The van der Waals surface area contributed by atoms with Crippen LogP contribution in [0.15, 0.2) is 70.1 Å². The molecule has 9 heteroatoms. The summed E-state index contributed by atoms with van der Waals surface area (Å²) in [4.78, 5) is 9.46. The number of benzene rings is 2. The maximum atomic E-state index is 13.0. The van der Waals surface area contributed by atoms with E-state index in [1.807, 2.05) is 37.3 Å². The lowest BCUT2D eigenvalue weighted by molar-refractivity contribution is 0.496. The van der Waals surface area contributed by atoms with Crippen molar-refractivity contribution in [1.82, 2.24) is 25.5 Å². The predicted molar refractivity (Wildman–Crippen MR) is 128 cm³/mol. The Labute approximate surface area is 195 Å². The lowest BCUT2D eigenvalue weighted by Crippen LogP contribution is -2.35. The quantitative estimate of drug-likeness (QED) is 0.467. The van der Waals surface area contributed by atoms with Gasteiger partial charge in [-0.2, -0.15) is 0 Å². The normalized spacial score (nSPS) is 14.9. The monoisotopic (exact) mass is 465 g/mol. The molecule has 1 N–H and O–H groups in total. The first-order valence-electron chi connectivity index (χ1n) is 10.8. The fraction of sp³-hybridized carbons (Fsp3) is 0.250. The zero-order valence-corrected chi connectivity index (χ0v) is 18.9. The van der Waals surface area contributed by atoms with E-state index in [2.05, 4.69) is 25.5 Å². The van der Waals surface area contributed by atoms with Gasteiger partial charge in [-0.3, -0.25) is 4.98 Å². The van der Waals surface area contributed by atoms with Gasteiger partial charge in [-0.25, -0.2) is 13.4 Å². The summed E-state index contributed by atoms with van der Waals surface area (Å²) in [5.74, 6) is 0.690. The number of aryl methyl sites for hydroxylation is 1. The van der Waals surface area contributed by atoms with Crippen molar-refractivity contribution >= 4 is 9.84 Å². The summed E-state index contributed by atoms with van der Waals surface area (Å²) >= 11 is 0. The molecule has 4 aromatic rings. The second-order valence-electron chi connectivity index (χ2n) is 7.99. The van der Waals surface area contributed by atoms with E-state index in [9.17, 15) is 8.42 Å². The molecule has 1 saturated heterocycles. The molecular weight excluding hydrogens is 438 g/mol. The highest BCUT2D eigenvalue weighted by Gasteiger charge is 2.28. The standard InChI is InChI=1S/C24H23N5O3S.2H2/c1-16-22(24-29-28-23(32-24)18-5-3-2-4-6-18)27-21(15-26-16)17-7-9-19(10-8-17)33(30,31)20-11-13-25-14-12-20;;/h2-10,15,20,25H,11-14H2,1H3;2*1H. The minimum atomic E-state index is -3.35. The number of aromatic nitrogens is 4. The molecule has 1 fully saturated rings. The van der Waals surface area contributed by atoms with Crippen molar-refractivity contribution in [2.75, 3.05) is 13.1 Å². The largest absolute Gasteiger partial charge is 0.415 e. The molecule has 0 atom stereocenters. The summed E-state index contributed by atoms with van der Waals surface area (Å²) < 4.78 is 31.8. The summed E-state index contributed by atoms with van der Waals surface area (Å²) in [5.41, 5.74) is 3.33. The van der Waals surface area contributed by atoms with Crippen LogP contribution in [0.2, 0.25) is 0 Å². The topological polar surface area (TPSA) is 111 Å². The first-order chi connectivity index (χ1) is 16.0. The van der Waals surface area contributed by atoms with E-state index in [0.29, 0.717) is 40.7 Å². The molecule has 0 bridgehead atoms. The smallest absolute Gasteiger partial charge is 0.268 e. The van der Waals surface area contributed by atoms with Crippen LogP contribution < -0.4 is 5.32 Å². The fourth-order valence-corrected chi connectivity index (χ4v) is 5.68. The molecule has 2 aromatic heterocycles. The van der Waals surface area contributed by atoms with E-state index >= 15 is 0 Å². The third-order valence-corrected chi connectivity index (χ3v) is 8.09. The zero-order chi connectivity index (χ0) is 22.8. The second kappa shape index (κ2) is 8.84. The Morgan fingerprint density at radius 2 is 1.64 bits per heavy atom. The van der Waals surface area contributed by atoms with Gasteiger partial charge in [0, 0.05) is 14.0 Å². The molecule has 2 aromatic carbocycles. The SMILES string of the molecule is Cc1ncc(-c2ccc(S(=O)(=O)C3CCNCC3)cc2)nc1-c1nnc(-c2ccccc2)o1.[HH].[HH]. The summed E-state index contributed by atoms with van der Waals surface area (Å²) in [6.45, 7) is 3.28. The van der Waals surface area contributed by atoms with E-state index in [-0.39, 0.29) is 14.0 Å². The van der Waals surface area contributed by atoms with Crippen molar-refractivity contribution in [1.29, 1.82) is 0 Å². The van der Waals surface area contributed by atoms with E-state index in [1.54, 1.807) is 30.5 Å². The van der Waals surface area contributed by atoms with E-state index in [0.717, 1.165) is 24.2 Å². The fourth-order valence-electron chi connectivity index (χ4n) is 3.92. The molecule has 0 spiro atoms. The second-order valence-corrected chi connectivity index (χ2v) is 10.2. The van der Waals surface area contributed by atoms with Crippen molar-refractivity contribution < 1.29 is 15.7 Å². The Morgan fingerprint density at radius 3 is 2.36 bits per heavy atom. The number of sulfone groups is 1. The van der Waals surface area contributed by atoms with E-state index in [1.165, 1.54) is 0 Å². The zero-order valence-electron chi connectivity index (χ0n) is 18.1. The molecule has 1 aliphatic rings. The summed E-state index contributed by atoms with van der Waals surface area (Å²) in [7, 11) is -3.35. The van der Waals surface area contributed by atoms with Gasteiger partial charge in [0.15, 0.2) is 9.84 Å². The number of hydrogen-bond acceptors (Lipinski definition) is 8. The predicted octanol–water partition coefficient (Wildman–Crippen LogP) is 4.19. The van der Waals surface area contributed by atoms with Gasteiger partial charge in [0.25, 0.3) is 5.89 Å². The molecule has 172 valence electrons. The number of hydrogen-bond donors (Lipinski definition) is 1. The Kier molecular flexibility index (Phi) is 5.74. The van der Waals surface area contributed by atoms with Gasteiger partial charge in [0.05, 0.1) is 27.7 Å². The molecule has 33 heavy (non-hydrogen) atoms. The van der Waals surface area contributed by atoms with Gasteiger partial charge in [-0.1, -0.05) is 30.3 Å². The van der Waals surface area contributed by atoms with Crippen LogP contribution in [0.25, 0.3) is 34.3 Å². The van der Waals surface area contributed by atoms with E-state index in [4.69, 9.17) is 4.42 Å². The van der Waals surface area contributed by atoms with Crippen molar-refractivity contribution in [3.05, 3.63) is 66.5 Å². The highest BCUT2D eigenvalue weighted by molar-refractivity contribution is 7.92. The first-order valence-corrected chi connectivity index (χ1v) is 12.3. The van der Waals surface area contributed by atoms with Crippen LogP contribution in [0.5, 0.6) is 0 Å². The first kappa shape index (κ1) is 21.4. The minimum absolute atomic E-state index is 0. The molecule has 8 nitrogen and oxygen atoms in total. The van der Waals surface area contributed by atoms with Crippen LogP contribution in [0, 0.1) is 6.92 Å². The number of rotatable bonds is 5. The van der Waals surface area contributed by atoms with Crippen molar-refractivity contribution in [3.8, 4) is 34.3 Å². The molecule has 0 amide bonds. The van der Waals surface area contributed by atoms with Crippen molar-refractivity contribution in [2.24, 2.45) is 0 Å². The molecule has 3 heterocycles. The average Bonchev–Trinajstić information content (AvgIpc) is 3.36. The van der Waals surface area contributed by atoms with Gasteiger partial charge in [0.1, 0.15) is 5.69 Å². The molecule has 0 radical (unpaired) electrons. The molecular formula is C24H27N5O3S. The lowest BCUT2D eigenvalue weighted by Gasteiger charge is -2.22. The van der Waals surface area contributed by atoms with Crippen LogP contribution in [-0.2, 0) is 9.84 Å². The lowest BCUT2D eigenvalue weighted by atomic mass is 10.1. The number of nitrogens with one attached hydrogen (secondary N) is 1. The van der Waals surface area contributed by atoms with E-state index < -0.39 is 9.84 Å². The maximum absolute atomic E-state index is 13.0. The summed E-state index contributed by atoms with van der Waals surface area (Å²) in [5, 5.41) is 11.2. The van der Waals surface area contributed by atoms with Gasteiger partial charge < -0.3 is 9.73 Å². The van der Waals surface area contributed by atoms with Crippen molar-refractivity contribution in [2.45, 2.75) is 29.9 Å². The van der Waals surface area contributed by atoms with Gasteiger partial charge in [-0.15, -0.1) is 10.2 Å². The molecule has 0 saturated carbocycles. The summed E-state index contributed by atoms with van der Waals surface area (Å²) in [6.07, 6.45) is 2.92. The number of piperidine rings is 1. The van der Waals surface area contributed by atoms with Crippen molar-refractivity contribution in [3.63, 3.8) is 0 Å². The summed E-state index contributed by atoms with van der Waals surface area (Å²) in [6, 6.07) is 16.3.